The van der Waals surface area contributed by atoms with Crippen LogP contribution in [0.1, 0.15) is 13.3 Å². The Morgan fingerprint density at radius 1 is 1.42 bits per heavy atom. The van der Waals surface area contributed by atoms with Crippen molar-refractivity contribution in [3.8, 4) is 0 Å². The molecule has 1 aliphatic rings. The van der Waals surface area contributed by atoms with Gasteiger partial charge in [0, 0.05) is 19.5 Å². The van der Waals surface area contributed by atoms with Gasteiger partial charge in [0.15, 0.2) is 0 Å². The molecule has 1 aromatic rings. The molecule has 1 fully saturated rings. The summed E-state index contributed by atoms with van der Waals surface area (Å²) in [7, 11) is 1.38. The van der Waals surface area contributed by atoms with Crippen molar-refractivity contribution >= 4 is 11.9 Å². The summed E-state index contributed by atoms with van der Waals surface area (Å²) in [5.74, 6) is -0.268. The molecular formula is C12H18N4O3. The number of rotatable bonds is 4. The van der Waals surface area contributed by atoms with Crippen LogP contribution in [-0.2, 0) is 20.9 Å². The zero-order chi connectivity index (χ0) is 13.8. The lowest BCUT2D eigenvalue weighted by molar-refractivity contribution is -0.146. The average Bonchev–Trinajstić information content (AvgIpc) is 3.04. The van der Waals surface area contributed by atoms with Gasteiger partial charge < -0.3 is 9.64 Å². The van der Waals surface area contributed by atoms with E-state index in [9.17, 15) is 9.59 Å². The van der Waals surface area contributed by atoms with E-state index in [1.165, 1.54) is 13.4 Å². The minimum atomic E-state index is -0.237. The zero-order valence-electron chi connectivity index (χ0n) is 11.2. The minimum absolute atomic E-state index is 0.0359. The van der Waals surface area contributed by atoms with Gasteiger partial charge in [0.2, 0.25) is 5.91 Å². The number of carbonyl (C=O) groups excluding carboxylic acids is 2. The summed E-state index contributed by atoms with van der Waals surface area (Å²) in [5.41, 5.74) is 0. The first-order valence-corrected chi connectivity index (χ1v) is 6.30. The van der Waals surface area contributed by atoms with Crippen molar-refractivity contribution in [2.75, 3.05) is 20.2 Å². The third kappa shape index (κ3) is 3.10. The molecule has 0 spiro atoms. The number of likely N-dealkylation sites (tertiary alicyclic amines) is 1. The highest BCUT2D eigenvalue weighted by molar-refractivity contribution is 5.79. The molecule has 2 unspecified atom stereocenters. The maximum Gasteiger partial charge on any atom is 0.310 e. The van der Waals surface area contributed by atoms with E-state index < -0.39 is 0 Å². The third-order valence-corrected chi connectivity index (χ3v) is 3.49. The van der Waals surface area contributed by atoms with Crippen LogP contribution in [0.15, 0.2) is 12.7 Å². The Morgan fingerprint density at radius 3 is 2.84 bits per heavy atom. The van der Waals surface area contributed by atoms with Crippen LogP contribution >= 0.6 is 0 Å². The lowest BCUT2D eigenvalue weighted by atomic mass is 9.99. The van der Waals surface area contributed by atoms with Gasteiger partial charge in [-0.25, -0.2) is 4.98 Å². The summed E-state index contributed by atoms with van der Waals surface area (Å²) in [5, 5.41) is 3.95. The molecule has 0 saturated carbocycles. The van der Waals surface area contributed by atoms with Crippen LogP contribution in [0.4, 0.5) is 0 Å². The van der Waals surface area contributed by atoms with Gasteiger partial charge in [-0.15, -0.1) is 0 Å². The molecule has 7 heteroatoms. The highest BCUT2D eigenvalue weighted by Gasteiger charge is 2.37. The van der Waals surface area contributed by atoms with Gasteiger partial charge in [-0.1, -0.05) is 6.92 Å². The Bertz CT molecular complexity index is 446. The number of esters is 1. The molecule has 0 aromatic carbocycles. The van der Waals surface area contributed by atoms with Crippen molar-refractivity contribution < 1.29 is 14.3 Å². The summed E-state index contributed by atoms with van der Waals surface area (Å²) >= 11 is 0. The Labute approximate surface area is 111 Å². The van der Waals surface area contributed by atoms with Gasteiger partial charge in [0.25, 0.3) is 0 Å². The van der Waals surface area contributed by atoms with Gasteiger partial charge in [-0.05, 0) is 5.92 Å². The second kappa shape index (κ2) is 5.81. The van der Waals surface area contributed by atoms with E-state index in [1.807, 2.05) is 6.92 Å². The van der Waals surface area contributed by atoms with Crippen LogP contribution in [0.3, 0.4) is 0 Å². The van der Waals surface area contributed by atoms with Crippen LogP contribution < -0.4 is 0 Å². The highest BCUT2D eigenvalue weighted by Crippen LogP contribution is 2.24. The smallest absolute Gasteiger partial charge is 0.310 e. The van der Waals surface area contributed by atoms with E-state index in [0.29, 0.717) is 26.1 Å². The van der Waals surface area contributed by atoms with Crippen molar-refractivity contribution in [2.45, 2.75) is 19.9 Å². The van der Waals surface area contributed by atoms with Crippen molar-refractivity contribution in [1.82, 2.24) is 19.7 Å². The number of amides is 1. The van der Waals surface area contributed by atoms with Crippen LogP contribution in [-0.4, -0.2) is 51.7 Å². The molecule has 1 amide bonds. The van der Waals surface area contributed by atoms with Crippen molar-refractivity contribution in [3.05, 3.63) is 12.7 Å². The Morgan fingerprint density at radius 2 is 2.21 bits per heavy atom. The van der Waals surface area contributed by atoms with Crippen LogP contribution in [0.2, 0.25) is 0 Å². The summed E-state index contributed by atoms with van der Waals surface area (Å²) in [4.78, 5) is 29.2. The maximum absolute atomic E-state index is 12.1. The van der Waals surface area contributed by atoms with E-state index in [-0.39, 0.29) is 23.7 Å². The largest absolute Gasteiger partial charge is 0.469 e. The minimum Gasteiger partial charge on any atom is -0.469 e. The molecule has 0 aliphatic carbocycles. The molecule has 7 nitrogen and oxygen atoms in total. The van der Waals surface area contributed by atoms with Crippen molar-refractivity contribution in [2.24, 2.45) is 11.8 Å². The molecule has 1 aromatic heterocycles. The SMILES string of the molecule is COC(=O)C1CN(C(=O)CCn2cncn2)CC1C. The molecule has 0 N–H and O–H groups in total. The molecule has 2 heterocycles. The Kier molecular flexibility index (Phi) is 4.13. The summed E-state index contributed by atoms with van der Waals surface area (Å²) in [6.07, 6.45) is 3.39. The fourth-order valence-corrected chi connectivity index (χ4v) is 2.35. The van der Waals surface area contributed by atoms with Crippen molar-refractivity contribution in [3.63, 3.8) is 0 Å². The second-order valence-electron chi connectivity index (χ2n) is 4.81. The van der Waals surface area contributed by atoms with Crippen LogP contribution in [0, 0.1) is 11.8 Å². The number of nitrogens with zero attached hydrogens (tertiary/aromatic N) is 4. The molecule has 0 bridgehead atoms. The van der Waals surface area contributed by atoms with E-state index in [4.69, 9.17) is 4.74 Å². The highest BCUT2D eigenvalue weighted by atomic mass is 16.5. The molecule has 2 rings (SSSR count). The molecule has 1 saturated heterocycles. The van der Waals surface area contributed by atoms with Gasteiger partial charge in [-0.2, -0.15) is 5.10 Å². The normalized spacial score (nSPS) is 22.5. The number of hydrogen-bond acceptors (Lipinski definition) is 5. The quantitative estimate of drug-likeness (QED) is 0.713. The lowest BCUT2D eigenvalue weighted by Gasteiger charge is -2.15. The average molecular weight is 266 g/mol. The second-order valence-corrected chi connectivity index (χ2v) is 4.81. The van der Waals surface area contributed by atoms with E-state index in [1.54, 1.807) is 15.9 Å². The van der Waals surface area contributed by atoms with E-state index in [0.717, 1.165) is 0 Å². The first-order valence-electron chi connectivity index (χ1n) is 6.30. The number of carbonyl (C=O) groups is 2. The Hall–Kier alpha value is -1.92. The Balaban J connectivity index is 1.85. The monoisotopic (exact) mass is 266 g/mol. The standard InChI is InChI=1S/C12H18N4O3/c1-9-5-15(6-10(9)12(18)19-2)11(17)3-4-16-8-13-7-14-16/h7-10H,3-6H2,1-2H3. The topological polar surface area (TPSA) is 77.3 Å². The van der Waals surface area contributed by atoms with E-state index in [2.05, 4.69) is 10.1 Å². The molecule has 2 atom stereocenters. The van der Waals surface area contributed by atoms with Gasteiger partial charge in [0.05, 0.1) is 19.6 Å². The van der Waals surface area contributed by atoms with E-state index >= 15 is 0 Å². The number of hydrogen-bond donors (Lipinski definition) is 0. The number of ether oxygens (including phenoxy) is 1. The molecular weight excluding hydrogens is 248 g/mol. The van der Waals surface area contributed by atoms with Crippen LogP contribution in [0.25, 0.3) is 0 Å². The molecule has 104 valence electrons. The first-order chi connectivity index (χ1) is 9.11. The lowest BCUT2D eigenvalue weighted by Crippen LogP contribution is -2.30. The predicted octanol–water partition coefficient (Wildman–Crippen LogP) is -0.0643. The van der Waals surface area contributed by atoms with Crippen molar-refractivity contribution in [1.29, 1.82) is 0 Å². The fraction of sp³-hybridized carbons (Fsp3) is 0.667. The fourth-order valence-electron chi connectivity index (χ4n) is 2.35. The summed E-state index contributed by atoms with van der Waals surface area (Å²) < 4.78 is 6.37. The molecule has 0 radical (unpaired) electrons. The summed E-state index contributed by atoms with van der Waals surface area (Å²) in [6.45, 7) is 3.53. The molecule has 19 heavy (non-hydrogen) atoms. The zero-order valence-corrected chi connectivity index (χ0v) is 11.2. The number of aromatic nitrogens is 3. The molecule has 1 aliphatic heterocycles. The van der Waals surface area contributed by atoms with Gasteiger partial charge >= 0.3 is 5.97 Å². The van der Waals surface area contributed by atoms with Crippen LogP contribution in [0.5, 0.6) is 0 Å². The third-order valence-electron chi connectivity index (χ3n) is 3.49. The predicted molar refractivity (Wildman–Crippen MR) is 65.9 cm³/mol. The van der Waals surface area contributed by atoms with Gasteiger partial charge in [0.1, 0.15) is 12.7 Å². The number of aryl methyl sites for hydroxylation is 1. The first kappa shape index (κ1) is 13.5. The summed E-state index contributed by atoms with van der Waals surface area (Å²) in [6, 6.07) is 0. The van der Waals surface area contributed by atoms with Gasteiger partial charge in [-0.3, -0.25) is 14.3 Å². The number of methoxy groups -OCH3 is 1. The maximum atomic E-state index is 12.1.